The van der Waals surface area contributed by atoms with Crippen LogP contribution in [0.4, 0.5) is 18.9 Å². The van der Waals surface area contributed by atoms with E-state index in [0.29, 0.717) is 6.54 Å². The zero-order valence-corrected chi connectivity index (χ0v) is 10.5. The molecule has 0 aliphatic heterocycles. The third-order valence-corrected chi connectivity index (χ3v) is 2.40. The second kappa shape index (κ2) is 7.89. The number of rotatable bonds is 8. The molecular weight excluding hydrogens is 259 g/mol. The highest BCUT2D eigenvalue weighted by Gasteiger charge is 2.28. The van der Waals surface area contributed by atoms with E-state index in [0.717, 1.165) is 24.9 Å². The fourth-order valence-electron chi connectivity index (χ4n) is 1.51. The Bertz CT molecular complexity index is 369. The van der Waals surface area contributed by atoms with Gasteiger partial charge in [0.2, 0.25) is 0 Å². The molecule has 0 radical (unpaired) electrons. The van der Waals surface area contributed by atoms with Gasteiger partial charge in [0.05, 0.1) is 0 Å². The van der Waals surface area contributed by atoms with E-state index in [4.69, 9.17) is 5.11 Å². The molecule has 3 nitrogen and oxygen atoms in total. The minimum atomic E-state index is -4.33. The van der Waals surface area contributed by atoms with Crippen LogP contribution in [0.2, 0.25) is 0 Å². The number of ether oxygens (including phenoxy) is 1. The molecule has 0 saturated heterocycles. The van der Waals surface area contributed by atoms with E-state index in [9.17, 15) is 13.2 Å². The van der Waals surface area contributed by atoms with Gasteiger partial charge in [0.15, 0.2) is 6.61 Å². The van der Waals surface area contributed by atoms with Gasteiger partial charge in [-0.05, 0) is 31.4 Å². The summed E-state index contributed by atoms with van der Waals surface area (Å²) in [6, 6.07) is 6.44. The molecule has 0 amide bonds. The average molecular weight is 277 g/mol. The third kappa shape index (κ3) is 7.56. The van der Waals surface area contributed by atoms with Crippen LogP contribution in [-0.2, 0) is 0 Å². The van der Waals surface area contributed by atoms with Crippen LogP contribution in [0.1, 0.15) is 19.3 Å². The predicted molar refractivity (Wildman–Crippen MR) is 67.4 cm³/mol. The number of alkyl halides is 3. The molecule has 1 aromatic carbocycles. The summed E-state index contributed by atoms with van der Waals surface area (Å²) in [7, 11) is 0. The van der Waals surface area contributed by atoms with Crippen molar-refractivity contribution in [3.05, 3.63) is 24.3 Å². The van der Waals surface area contributed by atoms with E-state index in [-0.39, 0.29) is 12.4 Å². The zero-order valence-electron chi connectivity index (χ0n) is 10.5. The number of aliphatic hydroxyl groups is 1. The number of halogens is 3. The van der Waals surface area contributed by atoms with Gasteiger partial charge in [-0.1, -0.05) is 6.07 Å². The van der Waals surface area contributed by atoms with Gasteiger partial charge in [-0.3, -0.25) is 0 Å². The first-order chi connectivity index (χ1) is 9.01. The van der Waals surface area contributed by atoms with Gasteiger partial charge in [-0.15, -0.1) is 0 Å². The second-order valence-electron chi connectivity index (χ2n) is 4.14. The second-order valence-corrected chi connectivity index (χ2v) is 4.14. The van der Waals surface area contributed by atoms with Crippen LogP contribution < -0.4 is 10.1 Å². The molecule has 0 bridgehead atoms. The summed E-state index contributed by atoms with van der Waals surface area (Å²) in [5, 5.41) is 11.7. The molecule has 0 unspecified atom stereocenters. The fraction of sp³-hybridized carbons (Fsp3) is 0.538. The molecule has 2 N–H and O–H groups in total. The molecule has 6 heteroatoms. The summed E-state index contributed by atoms with van der Waals surface area (Å²) >= 11 is 0. The van der Waals surface area contributed by atoms with Crippen LogP contribution >= 0.6 is 0 Å². The summed E-state index contributed by atoms with van der Waals surface area (Å²) in [5.74, 6) is 0.192. The Morgan fingerprint density at radius 3 is 2.63 bits per heavy atom. The minimum Gasteiger partial charge on any atom is -0.484 e. The van der Waals surface area contributed by atoms with Crippen molar-refractivity contribution < 1.29 is 23.0 Å². The van der Waals surface area contributed by atoms with E-state index < -0.39 is 12.8 Å². The number of unbranched alkanes of at least 4 members (excludes halogenated alkanes) is 2. The number of hydrogen-bond acceptors (Lipinski definition) is 3. The molecule has 0 aliphatic rings. The summed E-state index contributed by atoms with van der Waals surface area (Å²) in [6.45, 7) is -0.392. The molecule has 0 heterocycles. The van der Waals surface area contributed by atoms with Crippen LogP contribution in [-0.4, -0.2) is 31.0 Å². The lowest BCUT2D eigenvalue weighted by atomic mass is 10.2. The van der Waals surface area contributed by atoms with Crippen molar-refractivity contribution in [3.8, 4) is 5.75 Å². The molecule has 0 spiro atoms. The summed E-state index contributed by atoms with van der Waals surface area (Å²) in [4.78, 5) is 0. The van der Waals surface area contributed by atoms with E-state index in [1.165, 1.54) is 12.1 Å². The van der Waals surface area contributed by atoms with E-state index in [2.05, 4.69) is 10.1 Å². The number of nitrogens with one attached hydrogen (secondary N) is 1. The average Bonchev–Trinajstić information content (AvgIpc) is 2.36. The summed E-state index contributed by atoms with van der Waals surface area (Å²) in [6.07, 6.45) is -1.76. The van der Waals surface area contributed by atoms with Crippen LogP contribution in [0.3, 0.4) is 0 Å². The number of benzene rings is 1. The van der Waals surface area contributed by atoms with Gasteiger partial charge >= 0.3 is 6.18 Å². The minimum absolute atomic E-state index is 0.181. The van der Waals surface area contributed by atoms with Gasteiger partial charge in [0.25, 0.3) is 0 Å². The van der Waals surface area contributed by atoms with Crippen molar-refractivity contribution in [2.45, 2.75) is 25.4 Å². The maximum absolute atomic E-state index is 12.0. The molecule has 19 heavy (non-hydrogen) atoms. The van der Waals surface area contributed by atoms with Gasteiger partial charge in [-0.25, -0.2) is 0 Å². The Morgan fingerprint density at radius 1 is 1.16 bits per heavy atom. The zero-order chi connectivity index (χ0) is 14.1. The Labute approximate surface area is 110 Å². The van der Waals surface area contributed by atoms with Crippen molar-refractivity contribution in [1.82, 2.24) is 0 Å². The normalized spacial score (nSPS) is 11.4. The largest absolute Gasteiger partial charge is 0.484 e. The highest BCUT2D eigenvalue weighted by molar-refractivity contribution is 5.48. The molecular formula is C13H18F3NO2. The maximum atomic E-state index is 12.0. The number of aliphatic hydroxyl groups excluding tert-OH is 1. The summed E-state index contributed by atoms with van der Waals surface area (Å²) in [5.41, 5.74) is 0.726. The standard InChI is InChI=1S/C13H18F3NO2/c14-13(15,16)10-19-12-6-4-5-11(9-12)17-7-2-1-3-8-18/h4-6,9,17-18H,1-3,7-8,10H2. The SMILES string of the molecule is OCCCCCNc1cccc(OCC(F)(F)F)c1. The molecule has 0 aromatic heterocycles. The highest BCUT2D eigenvalue weighted by atomic mass is 19.4. The van der Waals surface area contributed by atoms with E-state index in [1.807, 2.05) is 0 Å². The van der Waals surface area contributed by atoms with Crippen molar-refractivity contribution in [2.24, 2.45) is 0 Å². The van der Waals surface area contributed by atoms with Crippen molar-refractivity contribution in [3.63, 3.8) is 0 Å². The molecule has 0 aliphatic carbocycles. The third-order valence-electron chi connectivity index (χ3n) is 2.40. The quantitative estimate of drug-likeness (QED) is 0.717. The Kier molecular flexibility index (Phi) is 6.49. The smallest absolute Gasteiger partial charge is 0.422 e. The summed E-state index contributed by atoms with van der Waals surface area (Å²) < 4.78 is 40.7. The Balaban J connectivity index is 2.35. The predicted octanol–water partition coefficient (Wildman–Crippen LogP) is 3.20. The van der Waals surface area contributed by atoms with E-state index in [1.54, 1.807) is 12.1 Å². The van der Waals surface area contributed by atoms with Crippen LogP contribution in [0.25, 0.3) is 0 Å². The lowest BCUT2D eigenvalue weighted by Gasteiger charge is -2.11. The van der Waals surface area contributed by atoms with Crippen molar-refractivity contribution >= 4 is 5.69 Å². The van der Waals surface area contributed by atoms with Crippen LogP contribution in [0.15, 0.2) is 24.3 Å². The molecule has 1 aromatic rings. The van der Waals surface area contributed by atoms with Gasteiger partial charge in [0, 0.05) is 24.9 Å². The molecule has 1 rings (SSSR count). The first-order valence-electron chi connectivity index (χ1n) is 6.15. The lowest BCUT2D eigenvalue weighted by molar-refractivity contribution is -0.153. The fourth-order valence-corrected chi connectivity index (χ4v) is 1.51. The molecule has 0 fully saturated rings. The lowest BCUT2D eigenvalue weighted by Crippen LogP contribution is -2.19. The monoisotopic (exact) mass is 277 g/mol. The first-order valence-corrected chi connectivity index (χ1v) is 6.15. The molecule has 108 valence electrons. The Hall–Kier alpha value is -1.43. The topological polar surface area (TPSA) is 41.5 Å². The maximum Gasteiger partial charge on any atom is 0.422 e. The number of hydrogen-bond donors (Lipinski definition) is 2. The van der Waals surface area contributed by atoms with Crippen LogP contribution in [0.5, 0.6) is 5.75 Å². The van der Waals surface area contributed by atoms with Gasteiger partial charge < -0.3 is 15.2 Å². The Morgan fingerprint density at radius 2 is 1.95 bits per heavy atom. The molecule has 0 saturated carbocycles. The highest BCUT2D eigenvalue weighted by Crippen LogP contribution is 2.21. The van der Waals surface area contributed by atoms with Crippen molar-refractivity contribution in [2.75, 3.05) is 25.1 Å². The van der Waals surface area contributed by atoms with Crippen LogP contribution in [0, 0.1) is 0 Å². The number of anilines is 1. The van der Waals surface area contributed by atoms with E-state index >= 15 is 0 Å². The first kappa shape index (κ1) is 15.6. The van der Waals surface area contributed by atoms with Gasteiger partial charge in [0.1, 0.15) is 5.75 Å². The van der Waals surface area contributed by atoms with Gasteiger partial charge in [-0.2, -0.15) is 13.2 Å². The molecule has 0 atom stereocenters. The van der Waals surface area contributed by atoms with Crippen molar-refractivity contribution in [1.29, 1.82) is 0 Å².